The molecular weight excluding hydrogens is 479 g/mol. The van der Waals surface area contributed by atoms with Crippen molar-refractivity contribution in [2.45, 2.75) is 13.0 Å². The van der Waals surface area contributed by atoms with Crippen molar-refractivity contribution >= 4 is 35.0 Å². The summed E-state index contributed by atoms with van der Waals surface area (Å²) in [6.45, 7) is 0.0404. The van der Waals surface area contributed by atoms with E-state index < -0.39 is 11.9 Å². The number of methoxy groups -OCH3 is 2. The van der Waals surface area contributed by atoms with Crippen molar-refractivity contribution in [3.63, 3.8) is 0 Å². The smallest absolute Gasteiger partial charge is 0.322 e. The third-order valence-electron chi connectivity index (χ3n) is 5.57. The lowest BCUT2D eigenvalue weighted by molar-refractivity contribution is -0.135. The largest absolute Gasteiger partial charge is 0.494 e. The number of halogens is 1. The number of pyridine rings is 1. The van der Waals surface area contributed by atoms with E-state index in [1.165, 1.54) is 20.3 Å². The third kappa shape index (κ3) is 6.10. The Morgan fingerprint density at radius 2 is 1.76 bits per heavy atom. The number of carboxylic acids is 1. The van der Waals surface area contributed by atoms with Gasteiger partial charge in [0.15, 0.2) is 0 Å². The second-order valence-electron chi connectivity index (χ2n) is 8.11. The highest BCUT2D eigenvalue weighted by Crippen LogP contribution is 2.38. The van der Waals surface area contributed by atoms with Crippen molar-refractivity contribution in [3.05, 3.63) is 82.9 Å². The summed E-state index contributed by atoms with van der Waals surface area (Å²) in [5.74, 6) is -1.24. The van der Waals surface area contributed by atoms with Crippen molar-refractivity contribution in [3.8, 4) is 11.5 Å². The molecule has 37 heavy (non-hydrogen) atoms. The Balaban J connectivity index is 1.63. The molecule has 1 amide bonds. The van der Waals surface area contributed by atoms with Crippen LogP contribution in [0.15, 0.2) is 59.6 Å². The zero-order chi connectivity index (χ0) is 26.4. The van der Waals surface area contributed by atoms with Gasteiger partial charge in [-0.05, 0) is 41.5 Å². The maximum Gasteiger partial charge on any atom is 0.322 e. The predicted molar refractivity (Wildman–Crippen MR) is 137 cm³/mol. The number of hydrogen-bond acceptors (Lipinski definition) is 7. The van der Waals surface area contributed by atoms with E-state index in [1.807, 2.05) is 30.3 Å². The van der Waals surface area contributed by atoms with Crippen LogP contribution in [0.5, 0.6) is 11.5 Å². The quantitative estimate of drug-likeness (QED) is 0.360. The first-order valence-corrected chi connectivity index (χ1v) is 11.4. The third-order valence-corrected chi connectivity index (χ3v) is 5.57. The fourth-order valence-corrected chi connectivity index (χ4v) is 3.88. The van der Waals surface area contributed by atoms with E-state index in [-0.39, 0.29) is 18.9 Å². The van der Waals surface area contributed by atoms with Crippen molar-refractivity contribution in [1.82, 2.24) is 10.3 Å². The van der Waals surface area contributed by atoms with Gasteiger partial charge in [0.2, 0.25) is 11.9 Å². The fraction of sp³-hybridized carbons (Fsp3) is 0.185. The topological polar surface area (TPSA) is 122 Å². The maximum absolute atomic E-state index is 14.0. The molecule has 0 spiro atoms. The number of amides is 1. The van der Waals surface area contributed by atoms with E-state index in [9.17, 15) is 14.0 Å². The summed E-state index contributed by atoms with van der Waals surface area (Å²) >= 11 is 0. The van der Waals surface area contributed by atoms with Crippen molar-refractivity contribution in [2.75, 3.05) is 26.1 Å². The van der Waals surface area contributed by atoms with Crippen LogP contribution in [0.1, 0.15) is 28.8 Å². The second kappa shape index (κ2) is 11.3. The highest BCUT2D eigenvalue weighted by Gasteiger charge is 2.25. The maximum atomic E-state index is 14.0. The average Bonchev–Trinajstić information content (AvgIpc) is 3.22. The van der Waals surface area contributed by atoms with Gasteiger partial charge in [-0.2, -0.15) is 4.39 Å². The van der Waals surface area contributed by atoms with Crippen LogP contribution in [0.2, 0.25) is 0 Å². The van der Waals surface area contributed by atoms with E-state index in [0.717, 1.165) is 5.56 Å². The molecule has 4 rings (SSSR count). The number of nitrogens with zero attached hydrogens (tertiary/aromatic N) is 2. The summed E-state index contributed by atoms with van der Waals surface area (Å²) in [4.78, 5) is 32.2. The number of aliphatic imine (C=N–C) groups is 1. The molecule has 1 aromatic heterocycles. The summed E-state index contributed by atoms with van der Waals surface area (Å²) in [7, 11) is 2.92. The molecule has 2 aromatic carbocycles. The molecule has 190 valence electrons. The van der Waals surface area contributed by atoms with E-state index in [1.54, 1.807) is 24.3 Å². The van der Waals surface area contributed by atoms with Crippen LogP contribution in [0.25, 0.3) is 11.8 Å². The molecule has 2 heterocycles. The lowest BCUT2D eigenvalue weighted by atomic mass is 10.1. The number of aromatic nitrogens is 1. The van der Waals surface area contributed by atoms with Gasteiger partial charge in [0.25, 0.3) is 0 Å². The summed E-state index contributed by atoms with van der Waals surface area (Å²) in [6, 6.07) is 15.7. The van der Waals surface area contributed by atoms with Crippen LogP contribution in [0.3, 0.4) is 0 Å². The Labute approximate surface area is 212 Å². The molecule has 0 bridgehead atoms. The first-order chi connectivity index (χ1) is 17.9. The van der Waals surface area contributed by atoms with Crippen molar-refractivity contribution in [2.24, 2.45) is 4.99 Å². The number of carboxylic acid groups (broad SMARTS) is 1. The van der Waals surface area contributed by atoms with Gasteiger partial charge < -0.3 is 25.2 Å². The van der Waals surface area contributed by atoms with E-state index in [2.05, 4.69) is 20.6 Å². The van der Waals surface area contributed by atoms with Gasteiger partial charge in [0.05, 0.1) is 37.7 Å². The summed E-state index contributed by atoms with van der Waals surface area (Å²) in [6.07, 6.45) is 1.66. The summed E-state index contributed by atoms with van der Waals surface area (Å²) < 4.78 is 24.9. The summed E-state index contributed by atoms with van der Waals surface area (Å²) in [5.41, 5.74) is 3.72. The Morgan fingerprint density at radius 1 is 1.05 bits per heavy atom. The zero-order valence-electron chi connectivity index (χ0n) is 20.2. The van der Waals surface area contributed by atoms with Crippen molar-refractivity contribution in [1.29, 1.82) is 0 Å². The molecule has 0 fully saturated rings. The number of benzene rings is 2. The second-order valence-corrected chi connectivity index (χ2v) is 8.11. The van der Waals surface area contributed by atoms with Crippen LogP contribution >= 0.6 is 0 Å². The average molecular weight is 505 g/mol. The number of anilines is 1. The number of carbonyl (C=O) groups excluding carboxylic acids is 1. The Bertz CT molecular complexity index is 1360. The van der Waals surface area contributed by atoms with Crippen LogP contribution in [-0.2, 0) is 16.1 Å². The molecule has 0 saturated carbocycles. The molecule has 0 atom stereocenters. The van der Waals surface area contributed by atoms with Gasteiger partial charge in [-0.3, -0.25) is 9.59 Å². The number of aliphatic carboxylic acids is 1. The molecular formula is C27H25FN4O5. The van der Waals surface area contributed by atoms with Gasteiger partial charge >= 0.3 is 5.97 Å². The Morgan fingerprint density at radius 3 is 2.41 bits per heavy atom. The molecule has 0 saturated heterocycles. The van der Waals surface area contributed by atoms with Crippen LogP contribution in [0.4, 0.5) is 10.1 Å². The predicted octanol–water partition coefficient (Wildman–Crippen LogP) is 3.74. The normalized spacial score (nSPS) is 13.1. The number of hydrogen-bond donors (Lipinski definition) is 3. The van der Waals surface area contributed by atoms with Gasteiger partial charge in [0.1, 0.15) is 23.7 Å². The van der Waals surface area contributed by atoms with E-state index in [0.29, 0.717) is 52.0 Å². The number of ether oxygens (including phenoxy) is 2. The lowest BCUT2D eigenvalue weighted by Gasteiger charge is -2.15. The zero-order valence-corrected chi connectivity index (χ0v) is 20.2. The molecule has 3 aromatic rings. The standard InChI is InChI=1S/C27H25FN4O5/c1-36-21-11-17(12-22(37-2)27(21)30-15-25(34)35)10-19-18-8-9-23(28)32-26(18)20(31-19)13-24(33)29-14-16-6-4-3-5-7-16/h3-12,30H,13-15H2,1-2H3,(H,29,33)(H,34,35). The van der Waals surface area contributed by atoms with Gasteiger partial charge in [-0.25, -0.2) is 9.98 Å². The number of fused-ring (bicyclic) bond motifs is 1. The molecule has 0 unspecified atom stereocenters. The summed E-state index contributed by atoms with van der Waals surface area (Å²) in [5, 5.41) is 14.6. The molecule has 0 radical (unpaired) electrons. The lowest BCUT2D eigenvalue weighted by Crippen LogP contribution is -2.25. The van der Waals surface area contributed by atoms with Gasteiger partial charge in [-0.15, -0.1) is 0 Å². The van der Waals surface area contributed by atoms with Gasteiger partial charge in [0, 0.05) is 12.1 Å². The number of carbonyl (C=O) groups is 2. The SMILES string of the molecule is COc1cc(C=C2N=C(CC(=O)NCc3ccccc3)c3nc(F)ccc32)cc(OC)c1NCC(=O)O. The minimum Gasteiger partial charge on any atom is -0.494 e. The highest BCUT2D eigenvalue weighted by atomic mass is 19.1. The van der Waals surface area contributed by atoms with Crippen LogP contribution in [-0.4, -0.2) is 48.4 Å². The minimum absolute atomic E-state index is 0.0711. The number of nitrogens with one attached hydrogen (secondary N) is 2. The molecule has 10 heteroatoms. The monoisotopic (exact) mass is 504 g/mol. The fourth-order valence-electron chi connectivity index (χ4n) is 3.88. The van der Waals surface area contributed by atoms with Crippen molar-refractivity contribution < 1.29 is 28.6 Å². The molecule has 3 N–H and O–H groups in total. The Hall–Kier alpha value is -4.73. The minimum atomic E-state index is -1.03. The first-order valence-electron chi connectivity index (χ1n) is 11.4. The first kappa shape index (κ1) is 25.4. The van der Waals surface area contributed by atoms with Crippen LogP contribution in [0, 0.1) is 5.95 Å². The molecule has 1 aliphatic heterocycles. The molecule has 1 aliphatic rings. The van der Waals surface area contributed by atoms with Gasteiger partial charge in [-0.1, -0.05) is 30.3 Å². The van der Waals surface area contributed by atoms with E-state index in [4.69, 9.17) is 14.6 Å². The van der Waals surface area contributed by atoms with Crippen LogP contribution < -0.4 is 20.1 Å². The number of rotatable bonds is 10. The highest BCUT2D eigenvalue weighted by molar-refractivity contribution is 6.17. The molecule has 9 nitrogen and oxygen atoms in total. The molecule has 0 aliphatic carbocycles. The van der Waals surface area contributed by atoms with E-state index >= 15 is 0 Å². The Kier molecular flexibility index (Phi) is 7.77.